The maximum atomic E-state index is 11.9. The third-order valence-corrected chi connectivity index (χ3v) is 4.87. The number of halogens is 5. The highest BCUT2D eigenvalue weighted by Crippen LogP contribution is 2.35. The van der Waals surface area contributed by atoms with Gasteiger partial charge in [-0.1, -0.05) is 0 Å². The van der Waals surface area contributed by atoms with Crippen LogP contribution in [0.1, 0.15) is 16.1 Å². The van der Waals surface area contributed by atoms with Crippen molar-refractivity contribution in [3.63, 3.8) is 0 Å². The first-order chi connectivity index (χ1) is 6.31. The highest BCUT2D eigenvalue weighted by atomic mass is 79.9. The molecule has 1 heterocycles. The van der Waals surface area contributed by atoms with Gasteiger partial charge in [-0.05, 0) is 31.9 Å². The number of carbonyl (C=O) groups is 1. The van der Waals surface area contributed by atoms with Crippen LogP contribution in [0.3, 0.4) is 0 Å². The standard InChI is InChI=1S/C7H3Br2F3OS/c8-3-2-14-6(5(3)9)4(13)1-7(10,11)12/h2H,1H2. The van der Waals surface area contributed by atoms with E-state index in [2.05, 4.69) is 31.9 Å². The highest BCUT2D eigenvalue weighted by molar-refractivity contribution is 9.13. The van der Waals surface area contributed by atoms with E-state index in [9.17, 15) is 18.0 Å². The van der Waals surface area contributed by atoms with Crippen molar-refractivity contribution >= 4 is 49.0 Å². The Hall–Kier alpha value is 0.120. The summed E-state index contributed by atoms with van der Waals surface area (Å²) in [4.78, 5) is 11.2. The van der Waals surface area contributed by atoms with Gasteiger partial charge in [-0.15, -0.1) is 11.3 Å². The predicted octanol–water partition coefficient (Wildman–Crippen LogP) is 4.41. The number of hydrogen-bond donors (Lipinski definition) is 0. The average molecular weight is 352 g/mol. The van der Waals surface area contributed by atoms with Crippen molar-refractivity contribution < 1.29 is 18.0 Å². The van der Waals surface area contributed by atoms with E-state index in [0.29, 0.717) is 8.95 Å². The molecule has 1 rings (SSSR count). The number of hydrogen-bond acceptors (Lipinski definition) is 2. The van der Waals surface area contributed by atoms with Crippen molar-refractivity contribution in [2.75, 3.05) is 0 Å². The van der Waals surface area contributed by atoms with Crippen LogP contribution in [0.25, 0.3) is 0 Å². The quantitative estimate of drug-likeness (QED) is 0.721. The first-order valence-electron chi connectivity index (χ1n) is 3.33. The van der Waals surface area contributed by atoms with Gasteiger partial charge in [0, 0.05) is 9.85 Å². The van der Waals surface area contributed by atoms with Crippen molar-refractivity contribution in [3.8, 4) is 0 Å². The van der Waals surface area contributed by atoms with Gasteiger partial charge >= 0.3 is 6.18 Å². The second kappa shape index (κ2) is 4.32. The minimum atomic E-state index is -4.45. The van der Waals surface area contributed by atoms with E-state index in [4.69, 9.17) is 0 Å². The Balaban J connectivity index is 2.86. The van der Waals surface area contributed by atoms with Crippen LogP contribution in [0.15, 0.2) is 14.3 Å². The van der Waals surface area contributed by atoms with E-state index < -0.39 is 18.4 Å². The molecule has 14 heavy (non-hydrogen) atoms. The molecule has 0 aliphatic heterocycles. The largest absolute Gasteiger partial charge is 0.396 e. The molecular formula is C7H3Br2F3OS. The summed E-state index contributed by atoms with van der Waals surface area (Å²) >= 11 is 7.11. The summed E-state index contributed by atoms with van der Waals surface area (Å²) < 4.78 is 36.6. The lowest BCUT2D eigenvalue weighted by Gasteiger charge is -2.03. The SMILES string of the molecule is O=C(CC(F)(F)F)c1scc(Br)c1Br. The average Bonchev–Trinajstić information content (AvgIpc) is 2.29. The Labute approximate surface area is 98.6 Å². The van der Waals surface area contributed by atoms with Gasteiger partial charge in [-0.3, -0.25) is 4.79 Å². The number of ketones is 1. The molecule has 1 aromatic heterocycles. The molecule has 0 amide bonds. The molecule has 0 aromatic carbocycles. The van der Waals surface area contributed by atoms with Crippen molar-refractivity contribution in [2.24, 2.45) is 0 Å². The molecule has 0 fully saturated rings. The molecule has 0 atom stereocenters. The van der Waals surface area contributed by atoms with Crippen molar-refractivity contribution in [1.82, 2.24) is 0 Å². The Morgan fingerprint density at radius 3 is 2.36 bits per heavy atom. The van der Waals surface area contributed by atoms with E-state index in [1.807, 2.05) is 0 Å². The van der Waals surface area contributed by atoms with E-state index in [1.165, 1.54) is 0 Å². The molecule has 1 aromatic rings. The van der Waals surface area contributed by atoms with Gasteiger partial charge in [0.25, 0.3) is 0 Å². The minimum absolute atomic E-state index is 0.0919. The molecular weight excluding hydrogens is 349 g/mol. The maximum absolute atomic E-state index is 11.9. The molecule has 0 spiro atoms. The third kappa shape index (κ3) is 3.06. The predicted molar refractivity (Wildman–Crippen MR) is 54.7 cm³/mol. The summed E-state index contributed by atoms with van der Waals surface area (Å²) in [5.41, 5.74) is 0. The van der Waals surface area contributed by atoms with E-state index in [0.717, 1.165) is 11.3 Å². The van der Waals surface area contributed by atoms with Gasteiger partial charge in [-0.2, -0.15) is 13.2 Å². The Morgan fingerprint density at radius 2 is 2.00 bits per heavy atom. The molecule has 0 saturated carbocycles. The Morgan fingerprint density at radius 1 is 1.43 bits per heavy atom. The molecule has 78 valence electrons. The molecule has 0 radical (unpaired) electrons. The van der Waals surface area contributed by atoms with Crippen LogP contribution in [0, 0.1) is 0 Å². The monoisotopic (exact) mass is 350 g/mol. The zero-order valence-corrected chi connectivity index (χ0v) is 10.5. The summed E-state index contributed by atoms with van der Waals surface area (Å²) in [6, 6.07) is 0. The van der Waals surface area contributed by atoms with Crippen LogP contribution in [-0.4, -0.2) is 12.0 Å². The number of Topliss-reactive ketones (excluding diaryl/α,β-unsaturated/α-hetero) is 1. The Kier molecular flexibility index (Phi) is 3.76. The normalized spacial score (nSPS) is 11.8. The number of alkyl halides is 3. The van der Waals surface area contributed by atoms with Gasteiger partial charge in [-0.25, -0.2) is 0 Å². The molecule has 0 saturated heterocycles. The van der Waals surface area contributed by atoms with Crippen molar-refractivity contribution in [2.45, 2.75) is 12.6 Å². The fraction of sp³-hybridized carbons (Fsp3) is 0.286. The molecule has 0 bridgehead atoms. The first-order valence-corrected chi connectivity index (χ1v) is 5.80. The van der Waals surface area contributed by atoms with E-state index >= 15 is 0 Å². The summed E-state index contributed by atoms with van der Waals surface area (Å²) in [6.07, 6.45) is -5.87. The van der Waals surface area contributed by atoms with Crippen LogP contribution in [0.5, 0.6) is 0 Å². The lowest BCUT2D eigenvalue weighted by molar-refractivity contribution is -0.125. The van der Waals surface area contributed by atoms with Gasteiger partial charge in [0.05, 0.1) is 9.35 Å². The molecule has 1 nitrogen and oxygen atoms in total. The minimum Gasteiger partial charge on any atom is -0.293 e. The summed E-state index contributed by atoms with van der Waals surface area (Å²) in [5.74, 6) is -0.917. The molecule has 0 N–H and O–H groups in total. The number of thiophene rings is 1. The van der Waals surface area contributed by atoms with Crippen LogP contribution < -0.4 is 0 Å². The highest BCUT2D eigenvalue weighted by Gasteiger charge is 2.33. The fourth-order valence-electron chi connectivity index (χ4n) is 0.773. The van der Waals surface area contributed by atoms with Crippen LogP contribution in [0.4, 0.5) is 13.2 Å². The molecule has 0 aliphatic rings. The van der Waals surface area contributed by atoms with Crippen molar-refractivity contribution in [1.29, 1.82) is 0 Å². The maximum Gasteiger partial charge on any atom is 0.396 e. The summed E-state index contributed by atoms with van der Waals surface area (Å²) in [5, 5.41) is 1.56. The number of carbonyl (C=O) groups excluding carboxylic acids is 1. The second-order valence-electron chi connectivity index (χ2n) is 2.44. The van der Waals surface area contributed by atoms with E-state index in [1.54, 1.807) is 5.38 Å². The van der Waals surface area contributed by atoms with Crippen LogP contribution in [-0.2, 0) is 0 Å². The second-order valence-corrected chi connectivity index (χ2v) is 4.97. The van der Waals surface area contributed by atoms with E-state index in [-0.39, 0.29) is 4.88 Å². The first kappa shape index (κ1) is 12.2. The zero-order valence-electron chi connectivity index (χ0n) is 6.49. The lowest BCUT2D eigenvalue weighted by Crippen LogP contribution is -2.14. The van der Waals surface area contributed by atoms with Crippen molar-refractivity contribution in [3.05, 3.63) is 19.2 Å². The lowest BCUT2D eigenvalue weighted by atomic mass is 10.2. The van der Waals surface area contributed by atoms with Crippen LogP contribution in [0.2, 0.25) is 0 Å². The van der Waals surface area contributed by atoms with Gasteiger partial charge in [0.1, 0.15) is 6.42 Å². The van der Waals surface area contributed by atoms with Gasteiger partial charge in [0.15, 0.2) is 5.78 Å². The summed E-state index contributed by atoms with van der Waals surface area (Å²) in [6.45, 7) is 0. The third-order valence-electron chi connectivity index (χ3n) is 1.30. The van der Waals surface area contributed by atoms with Gasteiger partial charge in [0.2, 0.25) is 0 Å². The number of rotatable bonds is 2. The van der Waals surface area contributed by atoms with Crippen LogP contribution >= 0.6 is 43.2 Å². The molecule has 7 heteroatoms. The van der Waals surface area contributed by atoms with Gasteiger partial charge < -0.3 is 0 Å². The molecule has 0 unspecified atom stereocenters. The topological polar surface area (TPSA) is 17.1 Å². The smallest absolute Gasteiger partial charge is 0.293 e. The zero-order chi connectivity index (χ0) is 10.9. The fourth-order valence-corrected chi connectivity index (χ4v) is 2.91. The summed E-state index contributed by atoms with van der Waals surface area (Å²) in [7, 11) is 0. The molecule has 0 aliphatic carbocycles. The Bertz CT molecular complexity index is 358.